The van der Waals surface area contributed by atoms with Crippen molar-refractivity contribution in [1.29, 1.82) is 0 Å². The molecule has 0 saturated carbocycles. The van der Waals surface area contributed by atoms with Gasteiger partial charge in [0.2, 0.25) is 0 Å². The maximum absolute atomic E-state index is 12.0. The Hall–Kier alpha value is -2.43. The molecule has 2 heterocycles. The van der Waals surface area contributed by atoms with Crippen LogP contribution in [0.25, 0.3) is 0 Å². The number of carbonyl (C=O) groups excluding carboxylic acids is 1. The van der Waals surface area contributed by atoms with Crippen molar-refractivity contribution in [2.24, 2.45) is 0 Å². The van der Waals surface area contributed by atoms with Crippen LogP contribution in [-0.2, 0) is 12.8 Å². The van der Waals surface area contributed by atoms with Gasteiger partial charge >= 0.3 is 6.03 Å². The molecule has 0 fully saturated rings. The molecule has 22 heavy (non-hydrogen) atoms. The van der Waals surface area contributed by atoms with Crippen molar-refractivity contribution in [3.05, 3.63) is 60.2 Å². The summed E-state index contributed by atoms with van der Waals surface area (Å²) in [5.41, 5.74) is 2.19. The quantitative estimate of drug-likeness (QED) is 0.798. The van der Waals surface area contributed by atoms with Gasteiger partial charge in [-0.2, -0.15) is 0 Å². The average Bonchev–Trinajstić information content (AvgIpc) is 2.58. The lowest BCUT2D eigenvalue weighted by Gasteiger charge is -2.17. The van der Waals surface area contributed by atoms with E-state index in [-0.39, 0.29) is 6.03 Å². The second-order valence-electron chi connectivity index (χ2n) is 5.19. The molecule has 5 heteroatoms. The van der Waals surface area contributed by atoms with Gasteiger partial charge in [0.05, 0.1) is 0 Å². The molecular formula is C17H22N4O. The summed E-state index contributed by atoms with van der Waals surface area (Å²) in [7, 11) is 1.80. The molecular weight excluding hydrogens is 276 g/mol. The zero-order valence-corrected chi connectivity index (χ0v) is 12.9. The topological polar surface area (TPSA) is 58.1 Å². The fourth-order valence-electron chi connectivity index (χ4n) is 2.10. The molecule has 5 nitrogen and oxygen atoms in total. The van der Waals surface area contributed by atoms with Crippen LogP contribution >= 0.6 is 0 Å². The van der Waals surface area contributed by atoms with Crippen LogP contribution in [0.2, 0.25) is 0 Å². The highest BCUT2D eigenvalue weighted by atomic mass is 16.2. The summed E-state index contributed by atoms with van der Waals surface area (Å²) < 4.78 is 0. The number of urea groups is 1. The van der Waals surface area contributed by atoms with Crippen molar-refractivity contribution in [2.75, 3.05) is 20.1 Å². The van der Waals surface area contributed by atoms with Crippen LogP contribution in [0.3, 0.4) is 0 Å². The summed E-state index contributed by atoms with van der Waals surface area (Å²) in [6, 6.07) is 9.76. The van der Waals surface area contributed by atoms with Gasteiger partial charge in [-0.25, -0.2) is 4.79 Å². The molecule has 2 aromatic heterocycles. The number of nitrogens with one attached hydrogen (secondary N) is 1. The van der Waals surface area contributed by atoms with Gasteiger partial charge in [0, 0.05) is 50.8 Å². The molecule has 0 aliphatic rings. The molecule has 0 saturated heterocycles. The summed E-state index contributed by atoms with van der Waals surface area (Å²) in [4.78, 5) is 22.0. The number of hydrogen-bond acceptors (Lipinski definition) is 3. The number of aryl methyl sites for hydroxylation is 1. The van der Waals surface area contributed by atoms with Crippen LogP contribution in [0.1, 0.15) is 17.7 Å². The minimum Gasteiger partial charge on any atom is -0.338 e. The molecule has 0 bridgehead atoms. The number of pyridine rings is 2. The third kappa shape index (κ3) is 5.52. The van der Waals surface area contributed by atoms with Gasteiger partial charge in [-0.3, -0.25) is 9.97 Å². The summed E-state index contributed by atoms with van der Waals surface area (Å²) >= 11 is 0. The second kappa shape index (κ2) is 8.77. The lowest BCUT2D eigenvalue weighted by atomic mass is 10.1. The second-order valence-corrected chi connectivity index (χ2v) is 5.19. The fourth-order valence-corrected chi connectivity index (χ4v) is 2.10. The lowest BCUT2D eigenvalue weighted by molar-refractivity contribution is 0.209. The molecule has 0 unspecified atom stereocenters. The van der Waals surface area contributed by atoms with Crippen molar-refractivity contribution >= 4 is 6.03 Å². The van der Waals surface area contributed by atoms with Gasteiger partial charge in [0.1, 0.15) is 0 Å². The number of amides is 2. The van der Waals surface area contributed by atoms with Gasteiger partial charge in [0.25, 0.3) is 0 Å². The zero-order valence-electron chi connectivity index (χ0n) is 12.9. The van der Waals surface area contributed by atoms with E-state index in [0.717, 1.165) is 25.0 Å². The molecule has 2 rings (SSSR count). The van der Waals surface area contributed by atoms with Gasteiger partial charge in [-0.05, 0) is 36.6 Å². The van der Waals surface area contributed by atoms with Crippen LogP contribution < -0.4 is 5.32 Å². The lowest BCUT2D eigenvalue weighted by Crippen LogP contribution is -2.38. The Morgan fingerprint density at radius 3 is 2.82 bits per heavy atom. The van der Waals surface area contributed by atoms with E-state index in [4.69, 9.17) is 0 Å². The van der Waals surface area contributed by atoms with Gasteiger partial charge < -0.3 is 10.2 Å². The first-order valence-electron chi connectivity index (χ1n) is 7.53. The SMILES string of the molecule is CN(CCc1ccccn1)C(=O)NCCCc1cccnc1. The standard InChI is InChI=1S/C17H22N4O/c1-21(13-9-16-8-2-3-11-19-16)17(22)20-12-5-7-15-6-4-10-18-14-15/h2-4,6,8,10-11,14H,5,7,9,12-13H2,1H3,(H,20,22). The normalized spacial score (nSPS) is 10.2. The zero-order chi connectivity index (χ0) is 15.6. The fraction of sp³-hybridized carbons (Fsp3) is 0.353. The van der Waals surface area contributed by atoms with Crippen molar-refractivity contribution in [3.8, 4) is 0 Å². The van der Waals surface area contributed by atoms with Crippen LogP contribution in [0, 0.1) is 0 Å². The number of nitrogens with zero attached hydrogens (tertiary/aromatic N) is 3. The van der Waals surface area contributed by atoms with Crippen LogP contribution in [0.5, 0.6) is 0 Å². The molecule has 116 valence electrons. The van der Waals surface area contributed by atoms with Crippen LogP contribution in [0.15, 0.2) is 48.9 Å². The molecule has 0 spiro atoms. The van der Waals surface area contributed by atoms with E-state index in [9.17, 15) is 4.79 Å². The highest BCUT2D eigenvalue weighted by Crippen LogP contribution is 2.00. The Labute approximate surface area is 131 Å². The minimum atomic E-state index is -0.0397. The van der Waals surface area contributed by atoms with E-state index in [0.29, 0.717) is 13.1 Å². The number of likely N-dealkylation sites (N-methyl/N-ethyl adjacent to an activating group) is 1. The first kappa shape index (κ1) is 15.9. The highest BCUT2D eigenvalue weighted by Gasteiger charge is 2.07. The summed E-state index contributed by atoms with van der Waals surface area (Å²) in [6.07, 6.45) is 7.99. The maximum Gasteiger partial charge on any atom is 0.317 e. The molecule has 0 atom stereocenters. The van der Waals surface area contributed by atoms with Gasteiger partial charge in [-0.1, -0.05) is 12.1 Å². The third-order valence-electron chi connectivity index (χ3n) is 3.42. The highest BCUT2D eigenvalue weighted by molar-refractivity contribution is 5.73. The van der Waals surface area contributed by atoms with Crippen molar-refractivity contribution in [1.82, 2.24) is 20.2 Å². The Bertz CT molecular complexity index is 559. The molecule has 1 N–H and O–H groups in total. The molecule has 0 aliphatic heterocycles. The van der Waals surface area contributed by atoms with E-state index in [1.165, 1.54) is 5.56 Å². The average molecular weight is 298 g/mol. The monoisotopic (exact) mass is 298 g/mol. The Morgan fingerprint density at radius 1 is 1.18 bits per heavy atom. The van der Waals surface area contributed by atoms with E-state index < -0.39 is 0 Å². The maximum atomic E-state index is 12.0. The predicted octanol–water partition coefficient (Wildman–Crippen LogP) is 2.29. The largest absolute Gasteiger partial charge is 0.338 e. The van der Waals surface area contributed by atoms with Crippen molar-refractivity contribution in [3.63, 3.8) is 0 Å². The summed E-state index contributed by atoms with van der Waals surface area (Å²) in [6.45, 7) is 1.33. The Morgan fingerprint density at radius 2 is 2.09 bits per heavy atom. The Kier molecular flexibility index (Phi) is 6.36. The third-order valence-corrected chi connectivity index (χ3v) is 3.42. The molecule has 2 amide bonds. The summed E-state index contributed by atoms with van der Waals surface area (Å²) in [5, 5.41) is 2.94. The van der Waals surface area contributed by atoms with Crippen LogP contribution in [0.4, 0.5) is 4.79 Å². The first-order chi connectivity index (χ1) is 10.8. The number of aromatic nitrogens is 2. The summed E-state index contributed by atoms with van der Waals surface area (Å²) in [5.74, 6) is 0. The molecule has 0 radical (unpaired) electrons. The van der Waals surface area contributed by atoms with E-state index >= 15 is 0 Å². The van der Waals surface area contributed by atoms with E-state index in [1.807, 2.05) is 36.5 Å². The smallest absolute Gasteiger partial charge is 0.317 e. The molecule has 2 aromatic rings. The van der Waals surface area contributed by atoms with Crippen molar-refractivity contribution in [2.45, 2.75) is 19.3 Å². The molecule has 0 aromatic carbocycles. The number of rotatable bonds is 7. The van der Waals surface area contributed by atoms with E-state index in [1.54, 1.807) is 24.3 Å². The number of hydrogen-bond donors (Lipinski definition) is 1. The first-order valence-corrected chi connectivity index (χ1v) is 7.53. The van der Waals surface area contributed by atoms with E-state index in [2.05, 4.69) is 15.3 Å². The predicted molar refractivity (Wildman–Crippen MR) is 86.5 cm³/mol. The molecule has 0 aliphatic carbocycles. The van der Waals surface area contributed by atoms with Gasteiger partial charge in [-0.15, -0.1) is 0 Å². The van der Waals surface area contributed by atoms with Crippen LogP contribution in [-0.4, -0.2) is 41.0 Å². The Balaban J connectivity index is 1.62. The minimum absolute atomic E-state index is 0.0397. The number of carbonyl (C=O) groups is 1. The van der Waals surface area contributed by atoms with Crippen molar-refractivity contribution < 1.29 is 4.79 Å². The van der Waals surface area contributed by atoms with Gasteiger partial charge in [0.15, 0.2) is 0 Å².